The van der Waals surface area contributed by atoms with E-state index in [9.17, 15) is 4.79 Å². The highest BCUT2D eigenvalue weighted by Gasteiger charge is 2.13. The maximum Gasteiger partial charge on any atom is 0.141 e. The molecule has 0 aliphatic heterocycles. The van der Waals surface area contributed by atoms with Crippen LogP contribution in [-0.2, 0) is 4.79 Å². The second kappa shape index (κ2) is 8.81. The predicted octanol–water partition coefficient (Wildman–Crippen LogP) is 3.60. The largest absolute Gasteiger partial charge is 0.299 e. The molecule has 0 heterocycles. The van der Waals surface area contributed by atoms with E-state index in [-0.39, 0.29) is 15.8 Å². The van der Waals surface area contributed by atoms with Gasteiger partial charge in [0, 0.05) is 12.3 Å². The van der Waals surface area contributed by atoms with Crippen LogP contribution in [0, 0.1) is 0 Å². The molecule has 0 bridgehead atoms. The summed E-state index contributed by atoms with van der Waals surface area (Å²) in [5.74, 6) is 0.537. The van der Waals surface area contributed by atoms with E-state index in [1.165, 1.54) is 24.6 Å². The first kappa shape index (κ1) is 14.5. The molecule has 0 saturated carbocycles. The van der Waals surface area contributed by atoms with Gasteiger partial charge in [0.1, 0.15) is 5.78 Å². The Morgan fingerprint density at radius 2 is 1.07 bits per heavy atom. The van der Waals surface area contributed by atoms with Crippen LogP contribution < -0.4 is 0 Å². The van der Waals surface area contributed by atoms with Crippen molar-refractivity contribution in [2.24, 2.45) is 0 Å². The van der Waals surface area contributed by atoms with Crippen molar-refractivity contribution in [1.82, 2.24) is 0 Å². The molecule has 0 atom stereocenters. The van der Waals surface area contributed by atoms with Crippen molar-refractivity contribution < 1.29 is 4.79 Å². The molecule has 1 nitrogen and oxygen atoms in total. The molecular weight excluding hydrogens is 210 g/mol. The lowest BCUT2D eigenvalue weighted by molar-refractivity contribution is -0.114. The van der Waals surface area contributed by atoms with Gasteiger partial charge >= 0.3 is 0 Å². The fraction of sp³-hybridized carbons (Fsp3) is 0.909. The van der Waals surface area contributed by atoms with E-state index in [1.54, 1.807) is 0 Å². The summed E-state index contributed by atoms with van der Waals surface area (Å²) in [7, 11) is 0.0492. The van der Waals surface area contributed by atoms with Crippen LogP contribution >= 0.6 is 15.8 Å². The Labute approximate surface area is 91.5 Å². The molecule has 0 amide bonds. The van der Waals surface area contributed by atoms with E-state index in [1.807, 2.05) is 0 Å². The third-order valence-electron chi connectivity index (χ3n) is 2.59. The van der Waals surface area contributed by atoms with E-state index in [4.69, 9.17) is 0 Å². The van der Waals surface area contributed by atoms with Gasteiger partial charge in [0.05, 0.1) is 0 Å². The Kier molecular flexibility index (Phi) is 9.14. The molecule has 84 valence electrons. The summed E-state index contributed by atoms with van der Waals surface area (Å²) in [6.45, 7) is 8.85. The first-order valence-corrected chi connectivity index (χ1v) is 9.43. The van der Waals surface area contributed by atoms with Crippen LogP contribution in [0.25, 0.3) is 0 Å². The fourth-order valence-corrected chi connectivity index (χ4v) is 4.63. The molecule has 0 fully saturated rings. The summed E-state index contributed by atoms with van der Waals surface area (Å²) in [6, 6.07) is 0. The number of Topliss-reactive ketones (excluding diaryl/α,β-unsaturated/α-hetero) is 1. The smallest absolute Gasteiger partial charge is 0.141 e. The number of hydrogen-bond acceptors (Lipinski definition) is 1. The van der Waals surface area contributed by atoms with Crippen LogP contribution in [0.2, 0.25) is 0 Å². The molecule has 0 rings (SSSR count). The van der Waals surface area contributed by atoms with Gasteiger partial charge in [-0.25, -0.2) is 0 Å². The summed E-state index contributed by atoms with van der Waals surface area (Å²) in [4.78, 5) is 11.7. The van der Waals surface area contributed by atoms with Crippen LogP contribution in [0.1, 0.15) is 27.7 Å². The van der Waals surface area contributed by atoms with Crippen molar-refractivity contribution in [2.45, 2.75) is 27.7 Å². The zero-order valence-electron chi connectivity index (χ0n) is 10.0. The molecule has 0 aromatic heterocycles. The monoisotopic (exact) mass is 234 g/mol. The standard InChI is InChI=1S/C11H24OP2/c1-5-13(6-2)9-11(12)10-14(7-3)8-4/h5-10H2,1-4H3. The van der Waals surface area contributed by atoms with Crippen molar-refractivity contribution in [1.29, 1.82) is 0 Å². The molecule has 0 N–H and O–H groups in total. The highest BCUT2D eigenvalue weighted by atomic mass is 31.1. The number of ketones is 1. The van der Waals surface area contributed by atoms with Gasteiger partial charge in [0.15, 0.2) is 0 Å². The first-order valence-electron chi connectivity index (χ1n) is 5.64. The summed E-state index contributed by atoms with van der Waals surface area (Å²) in [5, 5.41) is 0. The van der Waals surface area contributed by atoms with Crippen LogP contribution in [-0.4, -0.2) is 42.8 Å². The summed E-state index contributed by atoms with van der Waals surface area (Å²) < 4.78 is 0. The average Bonchev–Trinajstić information content (AvgIpc) is 2.22. The SMILES string of the molecule is CCP(CC)CC(=O)CP(CC)CC. The Morgan fingerprint density at radius 1 is 0.786 bits per heavy atom. The summed E-state index contributed by atoms with van der Waals surface area (Å²) >= 11 is 0. The topological polar surface area (TPSA) is 17.1 Å². The molecule has 14 heavy (non-hydrogen) atoms. The van der Waals surface area contributed by atoms with Gasteiger partial charge < -0.3 is 0 Å². The molecule has 0 radical (unpaired) electrons. The average molecular weight is 234 g/mol. The van der Waals surface area contributed by atoms with Crippen molar-refractivity contribution in [2.75, 3.05) is 37.0 Å². The Bertz CT molecular complexity index is 135. The maximum atomic E-state index is 11.7. The Balaban J connectivity index is 3.83. The second-order valence-corrected chi connectivity index (χ2v) is 9.31. The van der Waals surface area contributed by atoms with Gasteiger partial charge in [-0.1, -0.05) is 43.5 Å². The minimum absolute atomic E-state index is 0.0246. The second-order valence-electron chi connectivity index (χ2n) is 3.46. The van der Waals surface area contributed by atoms with Gasteiger partial charge in [-0.3, -0.25) is 4.79 Å². The predicted molar refractivity (Wildman–Crippen MR) is 70.7 cm³/mol. The van der Waals surface area contributed by atoms with Crippen LogP contribution in [0.15, 0.2) is 0 Å². The molecular formula is C11H24OP2. The third kappa shape index (κ3) is 6.10. The minimum Gasteiger partial charge on any atom is -0.299 e. The van der Waals surface area contributed by atoms with E-state index >= 15 is 0 Å². The molecule has 0 unspecified atom stereocenters. The number of hydrogen-bond donors (Lipinski definition) is 0. The lowest BCUT2D eigenvalue weighted by atomic mass is 10.5. The Morgan fingerprint density at radius 3 is 1.29 bits per heavy atom. The zero-order chi connectivity index (χ0) is 11.0. The van der Waals surface area contributed by atoms with Gasteiger partial charge in [-0.05, 0) is 24.6 Å². The van der Waals surface area contributed by atoms with Crippen molar-refractivity contribution in [3.63, 3.8) is 0 Å². The molecule has 0 aliphatic rings. The van der Waals surface area contributed by atoms with E-state index in [0.29, 0.717) is 5.78 Å². The van der Waals surface area contributed by atoms with Gasteiger partial charge in [-0.15, -0.1) is 0 Å². The Hall–Kier alpha value is 0.530. The highest BCUT2D eigenvalue weighted by molar-refractivity contribution is 7.60. The minimum atomic E-state index is 0.0246. The van der Waals surface area contributed by atoms with Crippen LogP contribution in [0.4, 0.5) is 0 Å². The molecule has 0 spiro atoms. The fourth-order valence-electron chi connectivity index (χ4n) is 1.44. The molecule has 3 heteroatoms. The molecule has 0 aromatic carbocycles. The number of carbonyl (C=O) groups is 1. The lowest BCUT2D eigenvalue weighted by Gasteiger charge is -2.15. The van der Waals surface area contributed by atoms with Gasteiger partial charge in [0.2, 0.25) is 0 Å². The first-order chi connectivity index (χ1) is 6.67. The van der Waals surface area contributed by atoms with Gasteiger partial charge in [-0.2, -0.15) is 0 Å². The molecule has 0 saturated heterocycles. The number of rotatable bonds is 8. The van der Waals surface area contributed by atoms with Crippen LogP contribution in [0.3, 0.4) is 0 Å². The van der Waals surface area contributed by atoms with Crippen molar-refractivity contribution in [3.05, 3.63) is 0 Å². The van der Waals surface area contributed by atoms with E-state index in [2.05, 4.69) is 27.7 Å². The summed E-state index contributed by atoms with van der Waals surface area (Å²) in [6.07, 6.45) is 6.64. The van der Waals surface area contributed by atoms with Crippen molar-refractivity contribution in [3.8, 4) is 0 Å². The molecule has 0 aliphatic carbocycles. The summed E-state index contributed by atoms with van der Waals surface area (Å²) in [5.41, 5.74) is 0. The van der Waals surface area contributed by atoms with Crippen LogP contribution in [0.5, 0.6) is 0 Å². The molecule has 0 aromatic rings. The quantitative estimate of drug-likeness (QED) is 0.586. The third-order valence-corrected chi connectivity index (χ3v) is 7.77. The zero-order valence-corrected chi connectivity index (χ0v) is 11.8. The van der Waals surface area contributed by atoms with E-state index in [0.717, 1.165) is 12.3 Å². The number of carbonyl (C=O) groups excluding carboxylic acids is 1. The maximum absolute atomic E-state index is 11.7. The van der Waals surface area contributed by atoms with Crippen molar-refractivity contribution >= 4 is 21.6 Å². The normalized spacial score (nSPS) is 11.3. The van der Waals surface area contributed by atoms with Gasteiger partial charge in [0.25, 0.3) is 0 Å². The van der Waals surface area contributed by atoms with E-state index < -0.39 is 0 Å². The highest BCUT2D eigenvalue weighted by Crippen LogP contribution is 2.38. The lowest BCUT2D eigenvalue weighted by Crippen LogP contribution is -2.10.